The van der Waals surface area contributed by atoms with Gasteiger partial charge in [0.15, 0.2) is 0 Å². The minimum absolute atomic E-state index is 0.0597. The van der Waals surface area contributed by atoms with Crippen molar-refractivity contribution >= 4 is 11.4 Å². The standard InChI is InChI=1S/C26H35N3O3/c27-19-22-10-12-24(13-11-22)28-29-25-14-16-26(17-15-25)32-18-8-6-4-2-1-3-5-7-9-23(20-30)21-31/h10-17,23,30-31H,1-9,18,20-21H2. The van der Waals surface area contributed by atoms with Crippen LogP contribution in [0.1, 0.15) is 63.4 Å². The molecular weight excluding hydrogens is 402 g/mol. The zero-order valence-electron chi connectivity index (χ0n) is 18.8. The molecule has 6 nitrogen and oxygen atoms in total. The van der Waals surface area contributed by atoms with Gasteiger partial charge in [0.1, 0.15) is 5.75 Å². The first-order chi connectivity index (χ1) is 15.7. The van der Waals surface area contributed by atoms with Crippen LogP contribution in [0.5, 0.6) is 5.75 Å². The molecule has 0 amide bonds. The normalized spacial score (nSPS) is 11.2. The van der Waals surface area contributed by atoms with Crippen molar-refractivity contribution in [3.05, 3.63) is 54.1 Å². The molecule has 0 atom stereocenters. The summed E-state index contributed by atoms with van der Waals surface area (Å²) >= 11 is 0. The van der Waals surface area contributed by atoms with Crippen molar-refractivity contribution in [1.82, 2.24) is 0 Å². The van der Waals surface area contributed by atoms with Crippen LogP contribution in [0.2, 0.25) is 0 Å². The van der Waals surface area contributed by atoms with Crippen molar-refractivity contribution in [2.24, 2.45) is 16.1 Å². The Labute approximate surface area is 191 Å². The maximum atomic E-state index is 9.04. The van der Waals surface area contributed by atoms with Crippen molar-refractivity contribution in [3.63, 3.8) is 0 Å². The van der Waals surface area contributed by atoms with Crippen molar-refractivity contribution in [2.75, 3.05) is 19.8 Å². The van der Waals surface area contributed by atoms with E-state index in [4.69, 9.17) is 20.2 Å². The van der Waals surface area contributed by atoms with Gasteiger partial charge >= 0.3 is 0 Å². The topological polar surface area (TPSA) is 98.2 Å². The minimum Gasteiger partial charge on any atom is -0.494 e. The number of rotatable bonds is 16. The molecule has 2 aromatic carbocycles. The molecule has 0 saturated carbocycles. The summed E-state index contributed by atoms with van der Waals surface area (Å²) in [5, 5.41) is 35.3. The number of nitrogens with zero attached hydrogens (tertiary/aromatic N) is 3. The second-order valence-corrected chi connectivity index (χ2v) is 8.05. The van der Waals surface area contributed by atoms with Crippen LogP contribution < -0.4 is 4.74 Å². The smallest absolute Gasteiger partial charge is 0.119 e. The first-order valence-corrected chi connectivity index (χ1v) is 11.6. The maximum absolute atomic E-state index is 9.04. The molecule has 0 heterocycles. The number of unbranched alkanes of at least 4 members (excludes halogenated alkanes) is 7. The average Bonchev–Trinajstić information content (AvgIpc) is 2.84. The maximum Gasteiger partial charge on any atom is 0.119 e. The highest BCUT2D eigenvalue weighted by molar-refractivity contribution is 5.44. The Morgan fingerprint density at radius 2 is 1.22 bits per heavy atom. The monoisotopic (exact) mass is 437 g/mol. The molecule has 0 aliphatic carbocycles. The Morgan fingerprint density at radius 3 is 1.75 bits per heavy atom. The highest BCUT2D eigenvalue weighted by atomic mass is 16.5. The van der Waals surface area contributed by atoms with Crippen molar-refractivity contribution in [3.8, 4) is 11.8 Å². The van der Waals surface area contributed by atoms with Gasteiger partial charge in [0.25, 0.3) is 0 Å². The summed E-state index contributed by atoms with van der Waals surface area (Å²) in [7, 11) is 0. The Kier molecular flexibility index (Phi) is 12.7. The first kappa shape index (κ1) is 25.5. The number of hydrogen-bond donors (Lipinski definition) is 2. The fraction of sp³-hybridized carbons (Fsp3) is 0.500. The minimum atomic E-state index is 0.0597. The van der Waals surface area contributed by atoms with E-state index in [0.717, 1.165) is 37.3 Å². The van der Waals surface area contributed by atoms with Gasteiger partial charge < -0.3 is 14.9 Å². The molecule has 0 spiro atoms. The molecule has 0 unspecified atom stereocenters. The Morgan fingerprint density at radius 1 is 0.719 bits per heavy atom. The summed E-state index contributed by atoms with van der Waals surface area (Å²) in [4.78, 5) is 0. The number of nitriles is 1. The number of hydrogen-bond acceptors (Lipinski definition) is 6. The number of ether oxygens (including phenoxy) is 1. The predicted molar refractivity (Wildman–Crippen MR) is 126 cm³/mol. The fourth-order valence-corrected chi connectivity index (χ4v) is 3.35. The third kappa shape index (κ3) is 10.5. The second-order valence-electron chi connectivity index (χ2n) is 8.05. The molecule has 0 fully saturated rings. The van der Waals surface area contributed by atoms with Gasteiger partial charge in [-0.05, 0) is 61.4 Å². The summed E-state index contributed by atoms with van der Waals surface area (Å²) < 4.78 is 5.81. The quantitative estimate of drug-likeness (QED) is 0.232. The summed E-state index contributed by atoms with van der Waals surface area (Å²) in [5.74, 6) is 0.899. The van der Waals surface area contributed by atoms with E-state index in [1.54, 1.807) is 24.3 Å². The van der Waals surface area contributed by atoms with Gasteiger partial charge in [-0.1, -0.05) is 44.9 Å². The molecular formula is C26H35N3O3. The van der Waals surface area contributed by atoms with Crippen LogP contribution in [-0.2, 0) is 0 Å². The average molecular weight is 438 g/mol. The van der Waals surface area contributed by atoms with Crippen LogP contribution in [0.3, 0.4) is 0 Å². The molecule has 6 heteroatoms. The molecule has 0 saturated heterocycles. The molecule has 2 rings (SSSR count). The van der Waals surface area contributed by atoms with Gasteiger partial charge in [-0.15, -0.1) is 0 Å². The first-order valence-electron chi connectivity index (χ1n) is 11.6. The lowest BCUT2D eigenvalue weighted by atomic mass is 10.0. The van der Waals surface area contributed by atoms with E-state index in [0.29, 0.717) is 11.3 Å². The number of aliphatic hydroxyl groups excluding tert-OH is 2. The molecule has 2 aromatic rings. The molecule has 172 valence electrons. The van der Waals surface area contributed by atoms with Crippen molar-refractivity contribution in [2.45, 2.75) is 57.8 Å². The lowest BCUT2D eigenvalue weighted by Gasteiger charge is -2.09. The van der Waals surface area contributed by atoms with E-state index in [2.05, 4.69) is 16.3 Å². The van der Waals surface area contributed by atoms with E-state index in [9.17, 15) is 0 Å². The number of azo groups is 1. The Balaban J connectivity index is 1.51. The van der Waals surface area contributed by atoms with E-state index >= 15 is 0 Å². The van der Waals surface area contributed by atoms with Gasteiger partial charge in [0.05, 0.1) is 29.6 Å². The van der Waals surface area contributed by atoms with Crippen LogP contribution in [0.4, 0.5) is 11.4 Å². The molecule has 0 radical (unpaired) electrons. The van der Waals surface area contributed by atoms with Gasteiger partial charge in [-0.25, -0.2) is 0 Å². The van der Waals surface area contributed by atoms with Gasteiger partial charge in [-0.2, -0.15) is 15.5 Å². The van der Waals surface area contributed by atoms with E-state index < -0.39 is 0 Å². The zero-order chi connectivity index (χ0) is 22.9. The largest absolute Gasteiger partial charge is 0.494 e. The van der Waals surface area contributed by atoms with Crippen LogP contribution in [0.25, 0.3) is 0 Å². The van der Waals surface area contributed by atoms with Crippen molar-refractivity contribution < 1.29 is 14.9 Å². The molecule has 0 bridgehead atoms. The second kappa shape index (κ2) is 16.0. The van der Waals surface area contributed by atoms with Crippen LogP contribution in [0.15, 0.2) is 58.8 Å². The molecule has 0 aromatic heterocycles. The summed E-state index contributed by atoms with van der Waals surface area (Å²) in [6.07, 6.45) is 10.4. The molecule has 2 N–H and O–H groups in total. The van der Waals surface area contributed by atoms with Crippen LogP contribution in [0, 0.1) is 17.2 Å². The van der Waals surface area contributed by atoms with Crippen molar-refractivity contribution in [1.29, 1.82) is 5.26 Å². The summed E-state index contributed by atoms with van der Waals surface area (Å²) in [6.45, 7) is 0.900. The zero-order valence-corrected chi connectivity index (χ0v) is 18.8. The van der Waals surface area contributed by atoms with E-state index in [1.807, 2.05) is 24.3 Å². The predicted octanol–water partition coefficient (Wildman–Crippen LogP) is 6.46. The van der Waals surface area contributed by atoms with E-state index in [1.165, 1.54) is 38.5 Å². The van der Waals surface area contributed by atoms with Gasteiger partial charge in [-0.3, -0.25) is 0 Å². The Bertz CT molecular complexity index is 810. The SMILES string of the molecule is N#Cc1ccc(N=Nc2ccc(OCCCCCCCCCCC(CO)CO)cc2)cc1. The lowest BCUT2D eigenvalue weighted by molar-refractivity contribution is 0.141. The molecule has 32 heavy (non-hydrogen) atoms. The lowest BCUT2D eigenvalue weighted by Crippen LogP contribution is -2.10. The van der Waals surface area contributed by atoms with Crippen LogP contribution in [-0.4, -0.2) is 30.0 Å². The van der Waals surface area contributed by atoms with Gasteiger partial charge in [0.2, 0.25) is 0 Å². The summed E-state index contributed by atoms with van der Waals surface area (Å²) in [5.41, 5.74) is 2.07. The molecule has 0 aliphatic rings. The van der Waals surface area contributed by atoms with E-state index in [-0.39, 0.29) is 19.1 Å². The highest BCUT2D eigenvalue weighted by Crippen LogP contribution is 2.22. The van der Waals surface area contributed by atoms with Crippen LogP contribution >= 0.6 is 0 Å². The molecule has 0 aliphatic heterocycles. The third-order valence-corrected chi connectivity index (χ3v) is 5.41. The number of benzene rings is 2. The summed E-state index contributed by atoms with van der Waals surface area (Å²) in [6, 6.07) is 16.6. The Hall–Kier alpha value is -2.75. The van der Waals surface area contributed by atoms with Gasteiger partial charge in [0, 0.05) is 19.1 Å². The highest BCUT2D eigenvalue weighted by Gasteiger charge is 2.04. The fourth-order valence-electron chi connectivity index (χ4n) is 3.35. The third-order valence-electron chi connectivity index (χ3n) is 5.41. The number of aliphatic hydroxyl groups is 2.